The molecule has 302 valence electrons. The number of ether oxygens (including phenoxy) is 3. The van der Waals surface area contributed by atoms with Crippen LogP contribution in [0, 0.1) is 0 Å². The number of methoxy groups -OCH3 is 1. The molecule has 4 aromatic carbocycles. The van der Waals surface area contributed by atoms with Crippen LogP contribution < -0.4 is 30.7 Å². The van der Waals surface area contributed by atoms with Gasteiger partial charge in [0, 0.05) is 85.0 Å². The lowest BCUT2D eigenvalue weighted by Gasteiger charge is -2.26. The van der Waals surface area contributed by atoms with E-state index in [1.807, 2.05) is 72.8 Å². The zero-order chi connectivity index (χ0) is 40.6. The number of anilines is 5. The minimum Gasteiger partial charge on any atom is -0.497 e. The third kappa shape index (κ3) is 10.5. The van der Waals surface area contributed by atoms with E-state index in [1.165, 1.54) is 0 Å². The fourth-order valence-corrected chi connectivity index (χ4v) is 7.78. The van der Waals surface area contributed by atoms with E-state index in [1.54, 1.807) is 49.5 Å². The van der Waals surface area contributed by atoms with Crippen LogP contribution in [0.5, 0.6) is 17.4 Å². The first-order valence-electron chi connectivity index (χ1n) is 19.3. The number of urea groups is 1. The number of nitrogens with zero attached hydrogens (tertiary/aromatic N) is 5. The maximum absolute atomic E-state index is 13.6. The Morgan fingerprint density at radius 3 is 2.48 bits per heavy atom. The summed E-state index contributed by atoms with van der Waals surface area (Å²) in [5.74, 6) is 2.59. The van der Waals surface area contributed by atoms with Crippen molar-refractivity contribution in [2.45, 2.75) is 25.9 Å². The number of amides is 2. The van der Waals surface area contributed by atoms with E-state index in [0.717, 1.165) is 78.5 Å². The molecule has 0 atom stereocenters. The summed E-state index contributed by atoms with van der Waals surface area (Å²) in [6, 6.07) is 28.0. The third-order valence-corrected chi connectivity index (χ3v) is 10.6. The molecule has 15 heteroatoms. The summed E-state index contributed by atoms with van der Waals surface area (Å²) in [5.41, 5.74) is 4.80. The molecule has 4 N–H and O–H groups in total. The number of hydrogen-bond acceptors (Lipinski definition) is 11. The summed E-state index contributed by atoms with van der Waals surface area (Å²) in [6.45, 7) is 12.8. The molecule has 1 aliphatic rings. The molecule has 3 heterocycles. The normalized spacial score (nSPS) is 13.3. The van der Waals surface area contributed by atoms with Crippen molar-refractivity contribution < 1.29 is 23.6 Å². The van der Waals surface area contributed by atoms with Gasteiger partial charge in [-0.1, -0.05) is 50.2 Å². The van der Waals surface area contributed by atoms with E-state index in [-0.39, 0.29) is 5.92 Å². The first kappa shape index (κ1) is 40.3. The third-order valence-electron chi connectivity index (χ3n) is 9.52. The minimum absolute atomic E-state index is 0.130. The Morgan fingerprint density at radius 1 is 0.914 bits per heavy atom. The molecule has 2 amide bonds. The zero-order valence-corrected chi connectivity index (χ0v) is 34.4. The largest absolute Gasteiger partial charge is 0.497 e. The molecule has 58 heavy (non-hydrogen) atoms. The maximum Gasteiger partial charge on any atom is 0.324 e. The molecule has 1 saturated heterocycles. The molecular weight excluding hydrogens is 754 g/mol. The average Bonchev–Trinajstić information content (AvgIpc) is 3.63. The highest BCUT2D eigenvalue weighted by molar-refractivity contribution is 7.61. The Hall–Kier alpha value is -5.95. The zero-order valence-electron chi connectivity index (χ0n) is 33.5. The van der Waals surface area contributed by atoms with Crippen molar-refractivity contribution in [1.29, 1.82) is 0 Å². The summed E-state index contributed by atoms with van der Waals surface area (Å²) < 4.78 is 31.6. The molecule has 14 nitrogen and oxygen atoms in total. The van der Waals surface area contributed by atoms with E-state index in [2.05, 4.69) is 50.0 Å². The van der Waals surface area contributed by atoms with Crippen LogP contribution in [-0.2, 0) is 15.5 Å². The number of carbonyl (C=O) groups excluding carboxylic acids is 1. The van der Waals surface area contributed by atoms with Crippen LogP contribution in [0.1, 0.15) is 31.0 Å². The van der Waals surface area contributed by atoms with Gasteiger partial charge < -0.3 is 34.7 Å². The van der Waals surface area contributed by atoms with E-state index >= 15 is 0 Å². The van der Waals surface area contributed by atoms with Gasteiger partial charge >= 0.3 is 6.03 Å². The van der Waals surface area contributed by atoms with E-state index in [9.17, 15) is 9.36 Å². The van der Waals surface area contributed by atoms with Gasteiger partial charge in [0.1, 0.15) is 17.3 Å². The highest BCUT2D eigenvalue weighted by atomic mass is 31.2. The van der Waals surface area contributed by atoms with Crippen LogP contribution in [0.15, 0.2) is 97.2 Å². The van der Waals surface area contributed by atoms with E-state index in [0.29, 0.717) is 41.0 Å². The van der Waals surface area contributed by atoms with Crippen molar-refractivity contribution in [3.05, 3.63) is 108 Å². The van der Waals surface area contributed by atoms with Crippen LogP contribution in [0.3, 0.4) is 0 Å². The number of rotatable bonds is 15. The van der Waals surface area contributed by atoms with Crippen molar-refractivity contribution in [2.75, 3.05) is 81.1 Å². The molecule has 0 bridgehead atoms. The fourth-order valence-electron chi connectivity index (χ4n) is 6.71. The second-order valence-electron chi connectivity index (χ2n) is 14.9. The predicted octanol–water partition coefficient (Wildman–Crippen LogP) is 8.99. The van der Waals surface area contributed by atoms with E-state index < -0.39 is 13.2 Å². The van der Waals surface area contributed by atoms with Crippen molar-refractivity contribution in [3.63, 3.8) is 0 Å². The first-order chi connectivity index (χ1) is 28.0. The lowest BCUT2D eigenvalue weighted by Crippen LogP contribution is -2.39. The van der Waals surface area contributed by atoms with Gasteiger partial charge in [-0.25, -0.2) is 14.5 Å². The molecule has 1 fully saturated rings. The standard InChI is InChI=1S/C43H50N9O5P/c1-29(2)38-27-40(52(50-38)33-10-8-9-30(23-33)28-58(4,5)54)48-43(53)47-37-13-14-39(36-12-7-6-11-35(36)37)57-41-15-16-45-42(49-41)46-32-24-31(25-34(26-32)55-3)44-17-18-51-19-21-56-22-20-51/h6-16,23-27,29,44H,17-22,28H2,1-5H3,(H,45,46,49)(H2,47,48,53). The lowest BCUT2D eigenvalue weighted by atomic mass is 10.1. The summed E-state index contributed by atoms with van der Waals surface area (Å²) in [7, 11) is -0.652. The molecule has 0 saturated carbocycles. The second kappa shape index (κ2) is 18.1. The predicted molar refractivity (Wildman–Crippen MR) is 232 cm³/mol. The number of morpholine rings is 1. The molecule has 7 rings (SSSR count). The number of carbonyl (C=O) groups is 1. The Labute approximate surface area is 338 Å². The summed E-state index contributed by atoms with van der Waals surface area (Å²) in [6.07, 6.45) is 2.11. The first-order valence-corrected chi connectivity index (χ1v) is 22.1. The Kier molecular flexibility index (Phi) is 12.6. The summed E-state index contributed by atoms with van der Waals surface area (Å²) in [5, 5.41) is 19.2. The van der Waals surface area contributed by atoms with Gasteiger partial charge in [0.05, 0.1) is 44.5 Å². The molecule has 6 aromatic rings. The van der Waals surface area contributed by atoms with E-state index in [4.69, 9.17) is 19.3 Å². The van der Waals surface area contributed by atoms with Crippen LogP contribution in [0.4, 0.5) is 33.6 Å². The Bertz CT molecular complexity index is 2430. The number of aromatic nitrogens is 4. The molecular formula is C43H50N9O5P. The highest BCUT2D eigenvalue weighted by Gasteiger charge is 2.18. The van der Waals surface area contributed by atoms with Crippen LogP contribution in [0.25, 0.3) is 16.5 Å². The molecule has 0 aliphatic carbocycles. The molecule has 0 radical (unpaired) electrons. The monoisotopic (exact) mass is 803 g/mol. The van der Waals surface area contributed by atoms with Crippen LogP contribution in [-0.4, -0.2) is 90.5 Å². The molecule has 0 spiro atoms. The van der Waals surface area contributed by atoms with Crippen LogP contribution >= 0.6 is 7.14 Å². The summed E-state index contributed by atoms with van der Waals surface area (Å²) >= 11 is 0. The molecule has 0 unspecified atom stereocenters. The minimum atomic E-state index is -2.29. The van der Waals surface area contributed by atoms with Gasteiger partial charge in [-0.05, 0) is 55.1 Å². The lowest BCUT2D eigenvalue weighted by molar-refractivity contribution is 0.0398. The Morgan fingerprint density at radius 2 is 1.71 bits per heavy atom. The number of fused-ring (bicyclic) bond motifs is 1. The van der Waals surface area contributed by atoms with Gasteiger partial charge in [0.25, 0.3) is 0 Å². The van der Waals surface area contributed by atoms with Gasteiger partial charge in [0.2, 0.25) is 11.8 Å². The summed E-state index contributed by atoms with van der Waals surface area (Å²) in [4.78, 5) is 25.1. The SMILES string of the molecule is COc1cc(NCCN2CCOCC2)cc(Nc2nccc(Oc3ccc(NC(=O)Nc4cc(C(C)C)nn4-c4cccc(CP(C)(C)=O)c4)c4ccccc34)n2)c1. The molecule has 2 aromatic heterocycles. The van der Waals surface area contributed by atoms with Gasteiger partial charge in [-0.3, -0.25) is 10.2 Å². The van der Waals surface area contributed by atoms with Gasteiger partial charge in [0.15, 0.2) is 0 Å². The smallest absolute Gasteiger partial charge is 0.324 e. The number of nitrogens with one attached hydrogen (secondary N) is 4. The van der Waals surface area contributed by atoms with Gasteiger partial charge in [-0.2, -0.15) is 10.1 Å². The van der Waals surface area contributed by atoms with Gasteiger partial charge in [-0.15, -0.1) is 0 Å². The second-order valence-corrected chi connectivity index (χ2v) is 18.4. The van der Waals surface area contributed by atoms with Crippen molar-refractivity contribution in [1.82, 2.24) is 24.6 Å². The average molecular weight is 804 g/mol. The number of hydrogen-bond donors (Lipinski definition) is 4. The number of benzene rings is 4. The topological polar surface area (TPSA) is 157 Å². The van der Waals surface area contributed by atoms with Crippen molar-refractivity contribution in [3.8, 4) is 23.1 Å². The quantitative estimate of drug-likeness (QED) is 0.0735. The Balaban J connectivity index is 1.05. The van der Waals surface area contributed by atoms with Crippen molar-refractivity contribution >= 4 is 52.8 Å². The van der Waals surface area contributed by atoms with Crippen molar-refractivity contribution in [2.24, 2.45) is 0 Å². The highest BCUT2D eigenvalue weighted by Crippen LogP contribution is 2.41. The fraction of sp³-hybridized carbons (Fsp3) is 0.302. The molecule has 1 aliphatic heterocycles. The maximum atomic E-state index is 13.6. The van der Waals surface area contributed by atoms with Crippen LogP contribution in [0.2, 0.25) is 0 Å².